The molecule has 0 fully saturated rings. The molecule has 1 unspecified atom stereocenters. The number of ketones is 1. The number of nitrogens with one attached hydrogen (secondary N) is 1. The molecule has 3 rings (SSSR count). The molecule has 0 aromatic carbocycles. The van der Waals surface area contributed by atoms with Gasteiger partial charge in [0, 0.05) is 12.1 Å². The zero-order chi connectivity index (χ0) is 14.3. The van der Waals surface area contributed by atoms with Crippen molar-refractivity contribution in [2.24, 2.45) is 0 Å². The zero-order valence-corrected chi connectivity index (χ0v) is 9.83. The minimum Gasteiger partial charge on any atom is -0.475 e. The van der Waals surface area contributed by atoms with Crippen LogP contribution in [0.15, 0.2) is 17.1 Å². The highest BCUT2D eigenvalue weighted by atomic mass is 19.1. The normalized spacial score (nSPS) is 16.6. The van der Waals surface area contributed by atoms with E-state index >= 15 is 0 Å². The van der Waals surface area contributed by atoms with Crippen molar-refractivity contribution in [1.29, 1.82) is 0 Å². The largest absolute Gasteiger partial charge is 0.475 e. The van der Waals surface area contributed by atoms with Crippen molar-refractivity contribution in [3.05, 3.63) is 24.0 Å². The van der Waals surface area contributed by atoms with E-state index < -0.39 is 23.5 Å². The van der Waals surface area contributed by atoms with E-state index in [0.29, 0.717) is 0 Å². The summed E-state index contributed by atoms with van der Waals surface area (Å²) < 4.78 is 18.5. The van der Waals surface area contributed by atoms with Gasteiger partial charge < -0.3 is 14.9 Å². The zero-order valence-electron chi connectivity index (χ0n) is 9.83. The predicted octanol–water partition coefficient (Wildman–Crippen LogP) is 0.433. The Morgan fingerprint density at radius 2 is 2.25 bits per heavy atom. The summed E-state index contributed by atoms with van der Waals surface area (Å²) in [5.41, 5.74) is 0.383. The Labute approximate surface area is 110 Å². The van der Waals surface area contributed by atoms with Crippen LogP contribution in [0.1, 0.15) is 11.5 Å². The van der Waals surface area contributed by atoms with Gasteiger partial charge in [0.15, 0.2) is 0 Å². The van der Waals surface area contributed by atoms with Crippen LogP contribution in [0, 0.1) is 5.82 Å². The number of carbonyl (C=O) groups excluding carboxylic acids is 1. The summed E-state index contributed by atoms with van der Waals surface area (Å²) in [5.74, 6) is -4.42. The molecule has 102 valence electrons. The van der Waals surface area contributed by atoms with E-state index in [-0.39, 0.29) is 29.3 Å². The first-order valence-electron chi connectivity index (χ1n) is 5.55. The number of pyridine rings is 1. The minimum atomic E-state index is -1.61. The molecule has 2 N–H and O–H groups in total. The summed E-state index contributed by atoms with van der Waals surface area (Å²) in [6, 6.07) is 0. The molecule has 0 saturated heterocycles. The Balaban J connectivity index is 2.14. The van der Waals surface area contributed by atoms with Gasteiger partial charge in [-0.15, -0.1) is 0 Å². The third kappa shape index (κ3) is 1.71. The number of nitrogens with zero attached hydrogens (tertiary/aromatic N) is 3. The highest BCUT2D eigenvalue weighted by molar-refractivity contribution is 6.35. The van der Waals surface area contributed by atoms with E-state index in [1.54, 1.807) is 0 Å². The second-order valence-corrected chi connectivity index (χ2v) is 4.10. The molecule has 3 heterocycles. The lowest BCUT2D eigenvalue weighted by atomic mass is 9.96. The lowest BCUT2D eigenvalue weighted by molar-refractivity contribution is -0.149. The molecule has 2 aromatic rings. The second-order valence-electron chi connectivity index (χ2n) is 4.10. The summed E-state index contributed by atoms with van der Waals surface area (Å²) >= 11 is 0. The minimum absolute atomic E-state index is 0.0199. The molecule has 0 aliphatic carbocycles. The van der Waals surface area contributed by atoms with Crippen molar-refractivity contribution >= 4 is 17.4 Å². The fourth-order valence-electron chi connectivity index (χ4n) is 2.15. The van der Waals surface area contributed by atoms with Crippen molar-refractivity contribution < 1.29 is 23.6 Å². The predicted molar refractivity (Wildman–Crippen MR) is 61.4 cm³/mol. The van der Waals surface area contributed by atoms with Crippen molar-refractivity contribution in [3.8, 4) is 11.5 Å². The number of anilines is 1. The molecule has 0 spiro atoms. The van der Waals surface area contributed by atoms with E-state index in [1.165, 1.54) is 0 Å². The lowest BCUT2D eigenvalue weighted by Crippen LogP contribution is -2.23. The van der Waals surface area contributed by atoms with Gasteiger partial charge in [-0.2, -0.15) is 4.98 Å². The van der Waals surface area contributed by atoms with Gasteiger partial charge in [-0.25, -0.2) is 14.2 Å². The van der Waals surface area contributed by atoms with Crippen LogP contribution >= 0.6 is 0 Å². The SMILES string of the molecule is O=C(O)C(=O)C1CNc2c(-c3ncon3)ncc(F)c21. The van der Waals surface area contributed by atoms with Gasteiger partial charge in [-0.3, -0.25) is 4.79 Å². The average Bonchev–Trinajstić information content (AvgIpc) is 3.07. The number of aromatic nitrogens is 3. The number of hydrogen-bond acceptors (Lipinski definition) is 7. The van der Waals surface area contributed by atoms with Gasteiger partial charge in [-0.1, -0.05) is 5.16 Å². The molecule has 9 heteroatoms. The van der Waals surface area contributed by atoms with Crippen LogP contribution in [0.25, 0.3) is 11.5 Å². The standard InChI is InChI=1S/C11H7FN4O4/c12-5-2-14-8(10-15-3-20-16-10)7-6(5)4(1-13-7)9(17)11(18)19/h2-4,13H,1H2,(H,18,19). The van der Waals surface area contributed by atoms with Gasteiger partial charge in [0.05, 0.1) is 17.8 Å². The monoisotopic (exact) mass is 278 g/mol. The summed E-state index contributed by atoms with van der Waals surface area (Å²) in [6.45, 7) is -0.0199. The Morgan fingerprint density at radius 1 is 1.45 bits per heavy atom. The maximum Gasteiger partial charge on any atom is 0.372 e. The maximum absolute atomic E-state index is 13.9. The lowest BCUT2D eigenvalue weighted by Gasteiger charge is -2.07. The first-order valence-corrected chi connectivity index (χ1v) is 5.55. The highest BCUT2D eigenvalue weighted by Gasteiger charge is 2.37. The molecular formula is C11H7FN4O4. The second kappa shape index (κ2) is 4.37. The topological polar surface area (TPSA) is 118 Å². The smallest absolute Gasteiger partial charge is 0.372 e. The summed E-state index contributed by atoms with van der Waals surface area (Å²) in [5, 5.41) is 15.1. The van der Waals surface area contributed by atoms with Crippen LogP contribution in [-0.2, 0) is 9.59 Å². The molecular weight excluding hydrogens is 271 g/mol. The first kappa shape index (κ1) is 12.2. The first-order chi connectivity index (χ1) is 9.59. The molecule has 1 aliphatic rings. The average molecular weight is 278 g/mol. The van der Waals surface area contributed by atoms with Gasteiger partial charge in [0.25, 0.3) is 0 Å². The van der Waals surface area contributed by atoms with Crippen LogP contribution in [0.4, 0.5) is 10.1 Å². The number of carbonyl (C=O) groups is 2. The van der Waals surface area contributed by atoms with E-state index in [2.05, 4.69) is 25.0 Å². The Morgan fingerprint density at radius 3 is 2.90 bits per heavy atom. The quantitative estimate of drug-likeness (QED) is 0.776. The molecule has 0 saturated carbocycles. The van der Waals surface area contributed by atoms with Gasteiger partial charge in [-0.05, 0) is 0 Å². The van der Waals surface area contributed by atoms with Gasteiger partial charge in [0.2, 0.25) is 18.0 Å². The van der Waals surface area contributed by atoms with Crippen molar-refractivity contribution in [1.82, 2.24) is 15.1 Å². The van der Waals surface area contributed by atoms with Crippen LogP contribution < -0.4 is 5.32 Å². The number of carboxylic acids is 1. The summed E-state index contributed by atoms with van der Waals surface area (Å²) in [6.07, 6.45) is 1.99. The van der Waals surface area contributed by atoms with Gasteiger partial charge >= 0.3 is 5.97 Å². The van der Waals surface area contributed by atoms with E-state index in [9.17, 15) is 14.0 Å². The Bertz CT molecular complexity index is 701. The molecule has 2 aromatic heterocycles. The van der Waals surface area contributed by atoms with E-state index in [1.807, 2.05) is 0 Å². The molecule has 1 aliphatic heterocycles. The number of halogens is 1. The van der Waals surface area contributed by atoms with Crippen LogP contribution in [-0.4, -0.2) is 38.5 Å². The molecule has 0 radical (unpaired) electrons. The third-order valence-electron chi connectivity index (χ3n) is 3.00. The number of hydrogen-bond donors (Lipinski definition) is 2. The number of fused-ring (bicyclic) bond motifs is 1. The van der Waals surface area contributed by atoms with E-state index in [0.717, 1.165) is 12.6 Å². The molecule has 20 heavy (non-hydrogen) atoms. The van der Waals surface area contributed by atoms with Gasteiger partial charge in [0.1, 0.15) is 11.5 Å². The number of aliphatic carboxylic acids is 1. The van der Waals surface area contributed by atoms with Crippen molar-refractivity contribution in [3.63, 3.8) is 0 Å². The third-order valence-corrected chi connectivity index (χ3v) is 3.00. The number of Topliss-reactive ketones (excluding diaryl/α,β-unsaturated/α-hetero) is 1. The maximum atomic E-state index is 13.9. The highest BCUT2D eigenvalue weighted by Crippen LogP contribution is 2.39. The molecule has 0 amide bonds. The molecule has 1 atom stereocenters. The molecule has 0 bridgehead atoms. The summed E-state index contributed by atoms with van der Waals surface area (Å²) in [4.78, 5) is 30.0. The number of rotatable bonds is 3. The molecule has 8 nitrogen and oxygen atoms in total. The number of carboxylic acid groups (broad SMARTS) is 1. The van der Waals surface area contributed by atoms with Crippen LogP contribution in [0.3, 0.4) is 0 Å². The van der Waals surface area contributed by atoms with Crippen molar-refractivity contribution in [2.45, 2.75) is 5.92 Å². The van der Waals surface area contributed by atoms with Crippen molar-refractivity contribution in [2.75, 3.05) is 11.9 Å². The van der Waals surface area contributed by atoms with E-state index in [4.69, 9.17) is 5.11 Å². The van der Waals surface area contributed by atoms with Crippen LogP contribution in [0.5, 0.6) is 0 Å². The Kier molecular flexibility index (Phi) is 2.67. The Hall–Kier alpha value is -2.84. The summed E-state index contributed by atoms with van der Waals surface area (Å²) in [7, 11) is 0. The fraction of sp³-hybridized carbons (Fsp3) is 0.182. The fourth-order valence-corrected chi connectivity index (χ4v) is 2.15. The van der Waals surface area contributed by atoms with Crippen LogP contribution in [0.2, 0.25) is 0 Å².